The first-order chi connectivity index (χ1) is 8.25. The highest BCUT2D eigenvalue weighted by molar-refractivity contribution is 6.30. The van der Waals surface area contributed by atoms with E-state index in [1.807, 2.05) is 0 Å². The number of benzene rings is 1. The van der Waals surface area contributed by atoms with Crippen LogP contribution >= 0.6 is 11.6 Å². The molecule has 0 aromatic heterocycles. The topological polar surface area (TPSA) is 21.3 Å². The lowest BCUT2D eigenvalue weighted by atomic mass is 10.1. The van der Waals surface area contributed by atoms with Crippen LogP contribution in [0.1, 0.15) is 18.4 Å². The van der Waals surface area contributed by atoms with Crippen LogP contribution in [0.2, 0.25) is 5.02 Å². The van der Waals surface area contributed by atoms with Crippen LogP contribution in [0.4, 0.5) is 4.39 Å². The minimum absolute atomic E-state index is 0.292. The van der Waals surface area contributed by atoms with Crippen LogP contribution < -0.4 is 5.32 Å². The molecule has 1 N–H and O–H groups in total. The average molecular weight is 258 g/mol. The first kappa shape index (κ1) is 12.8. The number of hydrogen-bond donors (Lipinski definition) is 1. The Labute approximate surface area is 106 Å². The van der Waals surface area contributed by atoms with Gasteiger partial charge < -0.3 is 10.1 Å². The Balaban J connectivity index is 1.70. The van der Waals surface area contributed by atoms with Gasteiger partial charge in [0.1, 0.15) is 5.82 Å². The highest BCUT2D eigenvalue weighted by Crippen LogP contribution is 2.16. The number of nitrogens with one attached hydrogen (secondary N) is 1. The molecule has 1 fully saturated rings. The van der Waals surface area contributed by atoms with E-state index in [2.05, 4.69) is 5.32 Å². The van der Waals surface area contributed by atoms with Crippen LogP contribution in [0.25, 0.3) is 0 Å². The molecule has 0 radical (unpaired) electrons. The third-order valence-corrected chi connectivity index (χ3v) is 3.34. The standard InChI is InChI=1S/C13H17ClFNO/c14-12-2-1-11(13(15)7-12)9-17-6-4-10-3-5-16-8-10/h1-2,7,10,16H,3-6,8-9H2. The maximum Gasteiger partial charge on any atom is 0.130 e. The summed E-state index contributed by atoms with van der Waals surface area (Å²) in [5.74, 6) is 0.421. The van der Waals surface area contributed by atoms with Crippen molar-refractivity contribution in [1.29, 1.82) is 0 Å². The molecule has 0 spiro atoms. The zero-order chi connectivity index (χ0) is 12.1. The van der Waals surface area contributed by atoms with Gasteiger partial charge in [0.15, 0.2) is 0 Å². The second-order valence-corrected chi connectivity index (χ2v) is 4.87. The van der Waals surface area contributed by atoms with Crippen molar-refractivity contribution in [3.05, 3.63) is 34.6 Å². The van der Waals surface area contributed by atoms with Gasteiger partial charge in [0, 0.05) is 17.2 Å². The van der Waals surface area contributed by atoms with Crippen LogP contribution in [0.3, 0.4) is 0 Å². The second-order valence-electron chi connectivity index (χ2n) is 4.44. The predicted octanol–water partition coefficient (Wildman–Crippen LogP) is 3.00. The molecule has 1 atom stereocenters. The second kappa shape index (κ2) is 6.34. The Morgan fingerprint density at radius 3 is 3.06 bits per heavy atom. The fourth-order valence-electron chi connectivity index (χ4n) is 2.03. The minimum atomic E-state index is -0.292. The van der Waals surface area contributed by atoms with E-state index in [4.69, 9.17) is 16.3 Å². The minimum Gasteiger partial charge on any atom is -0.377 e. The smallest absolute Gasteiger partial charge is 0.130 e. The van der Waals surface area contributed by atoms with Crippen molar-refractivity contribution >= 4 is 11.6 Å². The van der Waals surface area contributed by atoms with E-state index in [9.17, 15) is 4.39 Å². The van der Waals surface area contributed by atoms with Gasteiger partial charge >= 0.3 is 0 Å². The SMILES string of the molecule is Fc1cc(Cl)ccc1COCCC1CCNC1. The lowest BCUT2D eigenvalue weighted by molar-refractivity contribution is 0.107. The molecule has 94 valence electrons. The summed E-state index contributed by atoms with van der Waals surface area (Å²) < 4.78 is 18.9. The molecule has 2 rings (SSSR count). The van der Waals surface area contributed by atoms with Crippen LogP contribution in [-0.2, 0) is 11.3 Å². The Bertz CT molecular complexity index is 366. The molecule has 1 aromatic carbocycles. The summed E-state index contributed by atoms with van der Waals surface area (Å²) in [5.41, 5.74) is 0.568. The Kier molecular flexibility index (Phi) is 4.77. The van der Waals surface area contributed by atoms with Gasteiger partial charge in [0.2, 0.25) is 0 Å². The molecule has 17 heavy (non-hydrogen) atoms. The number of rotatable bonds is 5. The largest absolute Gasteiger partial charge is 0.377 e. The van der Waals surface area contributed by atoms with Crippen molar-refractivity contribution in [2.45, 2.75) is 19.4 Å². The van der Waals surface area contributed by atoms with Gasteiger partial charge in [-0.05, 0) is 44.0 Å². The van der Waals surface area contributed by atoms with Gasteiger partial charge in [-0.15, -0.1) is 0 Å². The van der Waals surface area contributed by atoms with Gasteiger partial charge in [-0.2, -0.15) is 0 Å². The van der Waals surface area contributed by atoms with E-state index < -0.39 is 0 Å². The quantitative estimate of drug-likeness (QED) is 0.819. The number of halogens is 2. The lowest BCUT2D eigenvalue weighted by Gasteiger charge is -2.09. The van der Waals surface area contributed by atoms with Gasteiger partial charge in [-0.3, -0.25) is 0 Å². The van der Waals surface area contributed by atoms with E-state index >= 15 is 0 Å². The molecule has 1 aromatic rings. The van der Waals surface area contributed by atoms with Gasteiger partial charge in [-0.1, -0.05) is 17.7 Å². The number of hydrogen-bond acceptors (Lipinski definition) is 2. The van der Waals surface area contributed by atoms with E-state index in [0.29, 0.717) is 29.7 Å². The molecule has 0 bridgehead atoms. The highest BCUT2D eigenvalue weighted by atomic mass is 35.5. The summed E-state index contributed by atoms with van der Waals surface area (Å²) in [6.07, 6.45) is 2.26. The summed E-state index contributed by atoms with van der Waals surface area (Å²) >= 11 is 5.68. The van der Waals surface area contributed by atoms with E-state index in [1.54, 1.807) is 12.1 Å². The van der Waals surface area contributed by atoms with Crippen LogP contribution in [-0.4, -0.2) is 19.7 Å². The average Bonchev–Trinajstić information content (AvgIpc) is 2.79. The summed E-state index contributed by atoms with van der Waals surface area (Å²) in [6.45, 7) is 3.20. The fourth-order valence-corrected chi connectivity index (χ4v) is 2.19. The maximum atomic E-state index is 13.4. The van der Waals surface area contributed by atoms with Crippen LogP contribution in [0.5, 0.6) is 0 Å². The number of ether oxygens (including phenoxy) is 1. The van der Waals surface area contributed by atoms with Gasteiger partial charge in [0.25, 0.3) is 0 Å². The molecule has 1 aliphatic heterocycles. The predicted molar refractivity (Wildman–Crippen MR) is 66.7 cm³/mol. The van der Waals surface area contributed by atoms with Crippen molar-refractivity contribution in [3.8, 4) is 0 Å². The Morgan fingerprint density at radius 1 is 1.47 bits per heavy atom. The highest BCUT2D eigenvalue weighted by Gasteiger charge is 2.13. The van der Waals surface area contributed by atoms with Crippen molar-refractivity contribution in [2.75, 3.05) is 19.7 Å². The Hall–Kier alpha value is -0.640. The molecule has 1 aliphatic rings. The van der Waals surface area contributed by atoms with Gasteiger partial charge in [-0.25, -0.2) is 4.39 Å². The zero-order valence-corrected chi connectivity index (χ0v) is 10.5. The molecular weight excluding hydrogens is 241 g/mol. The third kappa shape index (κ3) is 3.95. The molecule has 1 saturated heterocycles. The monoisotopic (exact) mass is 257 g/mol. The molecule has 0 amide bonds. The molecule has 1 unspecified atom stereocenters. The molecule has 1 heterocycles. The normalized spacial score (nSPS) is 19.8. The van der Waals surface area contributed by atoms with Crippen molar-refractivity contribution in [3.63, 3.8) is 0 Å². The first-order valence-electron chi connectivity index (χ1n) is 5.98. The summed E-state index contributed by atoms with van der Waals surface area (Å²) in [7, 11) is 0. The van der Waals surface area contributed by atoms with E-state index in [-0.39, 0.29) is 5.82 Å². The molecular formula is C13H17ClFNO. The Morgan fingerprint density at radius 2 is 2.35 bits per heavy atom. The first-order valence-corrected chi connectivity index (χ1v) is 6.36. The fraction of sp³-hybridized carbons (Fsp3) is 0.538. The van der Waals surface area contributed by atoms with Crippen LogP contribution in [0.15, 0.2) is 18.2 Å². The third-order valence-electron chi connectivity index (χ3n) is 3.11. The molecule has 4 heteroatoms. The van der Waals surface area contributed by atoms with Crippen molar-refractivity contribution < 1.29 is 9.13 Å². The zero-order valence-electron chi connectivity index (χ0n) is 9.72. The summed E-state index contributed by atoms with van der Waals surface area (Å²) in [4.78, 5) is 0. The summed E-state index contributed by atoms with van der Waals surface area (Å²) in [6, 6.07) is 4.68. The molecule has 2 nitrogen and oxygen atoms in total. The van der Waals surface area contributed by atoms with E-state index in [1.165, 1.54) is 12.5 Å². The van der Waals surface area contributed by atoms with Crippen LogP contribution in [0, 0.1) is 11.7 Å². The summed E-state index contributed by atoms with van der Waals surface area (Å²) in [5, 5.41) is 3.74. The van der Waals surface area contributed by atoms with E-state index in [0.717, 1.165) is 19.5 Å². The molecule has 0 aliphatic carbocycles. The maximum absolute atomic E-state index is 13.4. The van der Waals surface area contributed by atoms with Crippen molar-refractivity contribution in [1.82, 2.24) is 5.32 Å². The van der Waals surface area contributed by atoms with Crippen molar-refractivity contribution in [2.24, 2.45) is 5.92 Å². The lowest BCUT2D eigenvalue weighted by Crippen LogP contribution is -2.10. The van der Waals surface area contributed by atoms with Gasteiger partial charge in [0.05, 0.1) is 6.61 Å². The molecule has 0 saturated carbocycles.